The third kappa shape index (κ3) is 2.65. The van der Waals surface area contributed by atoms with E-state index >= 15 is 0 Å². The largest absolute Gasteiger partial charge is 0.506 e. The Hall–Kier alpha value is -2.55. The van der Waals surface area contributed by atoms with Gasteiger partial charge in [-0.3, -0.25) is 9.82 Å². The first kappa shape index (κ1) is 12.9. The van der Waals surface area contributed by atoms with Gasteiger partial charge in [0.2, 0.25) is 0 Å². The highest BCUT2D eigenvalue weighted by molar-refractivity contribution is 7.92. The fraction of sp³-hybridized carbons (Fsp3) is 0. The van der Waals surface area contributed by atoms with E-state index in [4.69, 9.17) is 5.11 Å². The number of H-pyrrole nitrogens is 1. The Morgan fingerprint density at radius 2 is 2.11 bits per heavy atom. The Morgan fingerprint density at radius 3 is 2.68 bits per heavy atom. The summed E-state index contributed by atoms with van der Waals surface area (Å²) in [6.45, 7) is 0. The minimum Gasteiger partial charge on any atom is -0.506 e. The van der Waals surface area contributed by atoms with Crippen LogP contribution < -0.4 is 4.72 Å². The molecule has 100 valence electrons. The fourth-order valence-electron chi connectivity index (χ4n) is 1.34. The van der Waals surface area contributed by atoms with Crippen LogP contribution in [0.15, 0.2) is 35.5 Å². The van der Waals surface area contributed by atoms with Crippen LogP contribution in [0.5, 0.6) is 5.75 Å². The van der Waals surface area contributed by atoms with Crippen LogP contribution in [-0.2, 0) is 10.0 Å². The number of aromatic nitrogens is 2. The number of hydrogen-bond acceptors (Lipinski definition) is 5. The molecule has 2 aromatic rings. The normalized spacial score (nSPS) is 11.2. The van der Waals surface area contributed by atoms with Crippen LogP contribution in [0.2, 0.25) is 0 Å². The molecule has 0 saturated carbocycles. The number of hydrogen-bond donors (Lipinski definition) is 4. The maximum atomic E-state index is 11.9. The van der Waals surface area contributed by atoms with Crippen LogP contribution in [0.25, 0.3) is 0 Å². The van der Waals surface area contributed by atoms with Gasteiger partial charge >= 0.3 is 5.97 Å². The van der Waals surface area contributed by atoms with Gasteiger partial charge < -0.3 is 10.2 Å². The molecule has 1 aromatic carbocycles. The molecule has 8 nitrogen and oxygen atoms in total. The number of sulfonamides is 1. The van der Waals surface area contributed by atoms with E-state index in [1.807, 2.05) is 0 Å². The van der Waals surface area contributed by atoms with E-state index in [1.54, 1.807) is 0 Å². The van der Waals surface area contributed by atoms with Crippen molar-refractivity contribution in [2.75, 3.05) is 4.72 Å². The minimum absolute atomic E-state index is 0.132. The van der Waals surface area contributed by atoms with Gasteiger partial charge in [0.15, 0.2) is 0 Å². The van der Waals surface area contributed by atoms with Crippen LogP contribution in [0.3, 0.4) is 0 Å². The molecule has 0 radical (unpaired) electrons. The van der Waals surface area contributed by atoms with Crippen LogP contribution in [0.4, 0.5) is 5.69 Å². The number of benzene rings is 1. The highest BCUT2D eigenvalue weighted by atomic mass is 32.2. The number of aromatic hydroxyl groups is 1. The van der Waals surface area contributed by atoms with Gasteiger partial charge in [-0.25, -0.2) is 13.2 Å². The average Bonchev–Trinajstić information content (AvgIpc) is 2.85. The van der Waals surface area contributed by atoms with Crippen molar-refractivity contribution in [1.29, 1.82) is 0 Å². The smallest absolute Gasteiger partial charge is 0.335 e. The second-order valence-corrected chi connectivity index (χ2v) is 5.26. The van der Waals surface area contributed by atoms with Crippen molar-refractivity contribution in [3.63, 3.8) is 0 Å². The van der Waals surface area contributed by atoms with Gasteiger partial charge in [-0.15, -0.1) is 0 Å². The maximum absolute atomic E-state index is 11.9. The predicted octanol–water partition coefficient (Wildman–Crippen LogP) is 0.614. The van der Waals surface area contributed by atoms with Gasteiger partial charge in [-0.1, -0.05) is 0 Å². The van der Waals surface area contributed by atoms with E-state index in [1.165, 1.54) is 0 Å². The summed E-state index contributed by atoms with van der Waals surface area (Å²) < 4.78 is 25.8. The number of carboxylic acid groups (broad SMARTS) is 1. The van der Waals surface area contributed by atoms with Crippen molar-refractivity contribution < 1.29 is 23.4 Å². The number of phenolic OH excluding ortho intramolecular Hbond substituents is 1. The predicted molar refractivity (Wildman–Crippen MR) is 64.5 cm³/mol. The summed E-state index contributed by atoms with van der Waals surface area (Å²) in [6.07, 6.45) is 2.24. The molecular weight excluding hydrogens is 274 g/mol. The summed E-state index contributed by atoms with van der Waals surface area (Å²) in [5.41, 5.74) is -0.371. The Morgan fingerprint density at radius 1 is 1.37 bits per heavy atom. The molecule has 0 amide bonds. The van der Waals surface area contributed by atoms with Crippen molar-refractivity contribution >= 4 is 21.7 Å². The van der Waals surface area contributed by atoms with Crippen LogP contribution >= 0.6 is 0 Å². The summed E-state index contributed by atoms with van der Waals surface area (Å²) in [7, 11) is -3.93. The van der Waals surface area contributed by atoms with Crippen molar-refractivity contribution in [1.82, 2.24) is 10.2 Å². The molecule has 4 N–H and O–H groups in total. The topological polar surface area (TPSA) is 132 Å². The van der Waals surface area contributed by atoms with E-state index < -0.39 is 16.0 Å². The minimum atomic E-state index is -3.93. The van der Waals surface area contributed by atoms with E-state index in [0.717, 1.165) is 30.6 Å². The number of carboxylic acids is 1. The van der Waals surface area contributed by atoms with Gasteiger partial charge in [0, 0.05) is 6.20 Å². The van der Waals surface area contributed by atoms with E-state index in [-0.39, 0.29) is 21.9 Å². The Kier molecular flexibility index (Phi) is 3.13. The van der Waals surface area contributed by atoms with Gasteiger partial charge in [0.05, 0.1) is 17.4 Å². The standard InChI is InChI=1S/C10H9N3O5S/c14-9-2-1-6(10(15)16)3-8(9)13-19(17,18)7-4-11-12-5-7/h1-5,13-14H,(H,11,12)(H,15,16). The first-order chi connectivity index (χ1) is 8.90. The molecule has 0 aliphatic heterocycles. The number of carbonyl (C=O) groups is 1. The van der Waals surface area contributed by atoms with Crippen molar-refractivity contribution in [2.45, 2.75) is 4.90 Å². The molecule has 0 unspecified atom stereocenters. The summed E-state index contributed by atoms with van der Waals surface area (Å²) >= 11 is 0. The second-order valence-electron chi connectivity index (χ2n) is 3.58. The molecule has 1 aromatic heterocycles. The summed E-state index contributed by atoms with van der Waals surface area (Å²) in [5.74, 6) is -1.61. The first-order valence-electron chi connectivity index (χ1n) is 4.98. The average molecular weight is 283 g/mol. The van der Waals surface area contributed by atoms with E-state index in [9.17, 15) is 18.3 Å². The number of phenols is 1. The van der Waals surface area contributed by atoms with Crippen molar-refractivity contribution in [2.24, 2.45) is 0 Å². The highest BCUT2D eigenvalue weighted by Crippen LogP contribution is 2.26. The Balaban J connectivity index is 2.39. The lowest BCUT2D eigenvalue weighted by Gasteiger charge is -2.08. The summed E-state index contributed by atoms with van der Waals surface area (Å²) in [6, 6.07) is 3.28. The molecule has 9 heteroatoms. The molecule has 19 heavy (non-hydrogen) atoms. The number of aromatic carboxylic acids is 1. The number of anilines is 1. The summed E-state index contributed by atoms with van der Waals surface area (Å²) in [5, 5.41) is 24.2. The number of nitrogens with zero attached hydrogens (tertiary/aromatic N) is 1. The Bertz CT molecular complexity index is 709. The molecule has 0 atom stereocenters. The molecule has 0 fully saturated rings. The molecule has 0 bridgehead atoms. The lowest BCUT2D eigenvalue weighted by molar-refractivity contribution is 0.0697. The first-order valence-corrected chi connectivity index (χ1v) is 6.46. The third-order valence-electron chi connectivity index (χ3n) is 2.27. The number of aromatic amines is 1. The second kappa shape index (κ2) is 4.61. The summed E-state index contributed by atoms with van der Waals surface area (Å²) in [4.78, 5) is 10.7. The zero-order valence-corrected chi connectivity index (χ0v) is 10.2. The fourth-order valence-corrected chi connectivity index (χ4v) is 2.31. The SMILES string of the molecule is O=C(O)c1ccc(O)c(NS(=O)(=O)c2cn[nH]c2)c1. The van der Waals surface area contributed by atoms with Crippen LogP contribution in [-0.4, -0.2) is 34.8 Å². The van der Waals surface area contributed by atoms with Crippen LogP contribution in [0, 0.1) is 0 Å². The van der Waals surface area contributed by atoms with Crippen molar-refractivity contribution in [3.8, 4) is 5.75 Å². The number of rotatable bonds is 4. The zero-order valence-electron chi connectivity index (χ0n) is 9.36. The quantitative estimate of drug-likeness (QED) is 0.608. The highest BCUT2D eigenvalue weighted by Gasteiger charge is 2.18. The van der Waals surface area contributed by atoms with E-state index in [2.05, 4.69) is 14.9 Å². The third-order valence-corrected chi connectivity index (χ3v) is 3.60. The monoisotopic (exact) mass is 283 g/mol. The van der Waals surface area contributed by atoms with Gasteiger partial charge in [-0.2, -0.15) is 5.10 Å². The lowest BCUT2D eigenvalue weighted by atomic mass is 10.2. The molecule has 0 spiro atoms. The lowest BCUT2D eigenvalue weighted by Crippen LogP contribution is -2.13. The molecule has 0 aliphatic rings. The van der Waals surface area contributed by atoms with Gasteiger partial charge in [0.25, 0.3) is 10.0 Å². The molecule has 0 aliphatic carbocycles. The van der Waals surface area contributed by atoms with Crippen molar-refractivity contribution in [3.05, 3.63) is 36.2 Å². The van der Waals surface area contributed by atoms with Gasteiger partial charge in [0.1, 0.15) is 10.6 Å². The molecular formula is C10H9N3O5S. The Labute approximate surface area is 107 Å². The van der Waals surface area contributed by atoms with Gasteiger partial charge in [-0.05, 0) is 18.2 Å². The van der Waals surface area contributed by atoms with E-state index in [0.29, 0.717) is 0 Å². The maximum Gasteiger partial charge on any atom is 0.335 e. The van der Waals surface area contributed by atoms with Crippen LogP contribution in [0.1, 0.15) is 10.4 Å². The molecule has 1 heterocycles. The molecule has 2 rings (SSSR count). The zero-order chi connectivity index (χ0) is 14.0. The number of nitrogens with one attached hydrogen (secondary N) is 2. The molecule has 0 saturated heterocycles.